The van der Waals surface area contributed by atoms with Crippen molar-refractivity contribution in [3.05, 3.63) is 31.0 Å². The standard InChI is InChI=1S/C27H38N2O4S/c1-6-25(4)13-20(33-22(31)15-34-21-8-7-18(28)14-29-21)26(5)16(2)9-11-27(17(3)24(25)32)12-10-19(30)23(26)27/h6-8,14,16-17,20,23-24,32H,1,9-13,15,28H2,2-5H3/t16-,17+,20-,23+,24+,25-,26+,27+/m1/s1. The Kier molecular flexibility index (Phi) is 6.66. The van der Waals surface area contributed by atoms with E-state index in [4.69, 9.17) is 10.5 Å². The monoisotopic (exact) mass is 486 g/mol. The van der Waals surface area contributed by atoms with Crippen molar-refractivity contribution >= 4 is 29.2 Å². The van der Waals surface area contributed by atoms with Crippen molar-refractivity contribution in [3.8, 4) is 0 Å². The Hall–Kier alpha value is -1.86. The van der Waals surface area contributed by atoms with Crippen LogP contribution in [0, 0.1) is 34.0 Å². The lowest BCUT2D eigenvalue weighted by molar-refractivity contribution is -0.205. The number of Topliss-reactive ketones (excluding diaryl/α,β-unsaturated/α-hetero) is 1. The van der Waals surface area contributed by atoms with E-state index < -0.39 is 23.0 Å². The molecular weight excluding hydrogens is 448 g/mol. The maximum absolute atomic E-state index is 13.4. The first-order chi connectivity index (χ1) is 16.0. The molecule has 3 fully saturated rings. The first-order valence-electron chi connectivity index (χ1n) is 12.4. The number of ether oxygens (including phenoxy) is 1. The average Bonchev–Trinajstić information content (AvgIpc) is 3.17. The Morgan fingerprint density at radius 3 is 2.74 bits per heavy atom. The number of carbonyl (C=O) groups is 2. The Labute approximate surface area is 207 Å². The summed E-state index contributed by atoms with van der Waals surface area (Å²) in [6.07, 6.45) is 5.89. The van der Waals surface area contributed by atoms with E-state index in [0.29, 0.717) is 23.6 Å². The first kappa shape index (κ1) is 25.2. The largest absolute Gasteiger partial charge is 0.461 e. The molecule has 34 heavy (non-hydrogen) atoms. The fourth-order valence-corrected chi connectivity index (χ4v) is 7.93. The van der Waals surface area contributed by atoms with E-state index in [9.17, 15) is 14.7 Å². The molecule has 0 aromatic carbocycles. The lowest BCUT2D eigenvalue weighted by Crippen LogP contribution is -2.63. The second kappa shape index (κ2) is 8.98. The van der Waals surface area contributed by atoms with Gasteiger partial charge in [-0.25, -0.2) is 4.98 Å². The number of hydrogen-bond acceptors (Lipinski definition) is 7. The fraction of sp³-hybridized carbons (Fsp3) is 0.667. The topological polar surface area (TPSA) is 103 Å². The summed E-state index contributed by atoms with van der Waals surface area (Å²) >= 11 is 1.31. The van der Waals surface area contributed by atoms with Crippen LogP contribution in [0.2, 0.25) is 0 Å². The van der Waals surface area contributed by atoms with Crippen molar-refractivity contribution in [3.63, 3.8) is 0 Å². The van der Waals surface area contributed by atoms with E-state index in [2.05, 4.69) is 32.3 Å². The summed E-state index contributed by atoms with van der Waals surface area (Å²) in [5.74, 6) is 0.00346. The molecule has 0 radical (unpaired) electrons. The van der Waals surface area contributed by atoms with Crippen LogP contribution in [0.3, 0.4) is 0 Å². The predicted octanol–water partition coefficient (Wildman–Crippen LogP) is 4.66. The number of esters is 1. The maximum atomic E-state index is 13.4. The van der Waals surface area contributed by atoms with Gasteiger partial charge in [-0.15, -0.1) is 6.58 Å². The van der Waals surface area contributed by atoms with Gasteiger partial charge < -0.3 is 15.6 Å². The van der Waals surface area contributed by atoms with Crippen LogP contribution in [-0.2, 0) is 14.3 Å². The highest BCUT2D eigenvalue weighted by molar-refractivity contribution is 7.99. The third-order valence-electron chi connectivity index (χ3n) is 9.67. The number of pyridine rings is 1. The zero-order chi connectivity index (χ0) is 24.9. The van der Waals surface area contributed by atoms with Gasteiger partial charge >= 0.3 is 5.97 Å². The molecule has 3 saturated carbocycles. The van der Waals surface area contributed by atoms with Crippen molar-refractivity contribution < 1.29 is 19.4 Å². The zero-order valence-electron chi connectivity index (χ0n) is 20.8. The molecule has 3 aliphatic rings. The SMILES string of the molecule is C=C[C@]1(C)C[C@@H](OC(=O)CSc2ccc(N)cn2)[C@]2(C)[C@H](C)CC[C@]3(CCC(=O)[C@H]32)[C@@H](C)[C@@H]1O. The Morgan fingerprint density at radius 2 is 2.09 bits per heavy atom. The van der Waals surface area contributed by atoms with Crippen LogP contribution in [0.4, 0.5) is 5.69 Å². The smallest absolute Gasteiger partial charge is 0.316 e. The molecule has 1 heterocycles. The van der Waals surface area contributed by atoms with E-state index in [-0.39, 0.29) is 40.7 Å². The van der Waals surface area contributed by atoms with Gasteiger partial charge in [-0.2, -0.15) is 0 Å². The minimum absolute atomic E-state index is 0.0393. The minimum atomic E-state index is -0.661. The number of thioether (sulfide) groups is 1. The quantitative estimate of drug-likeness (QED) is 0.354. The van der Waals surface area contributed by atoms with Crippen LogP contribution >= 0.6 is 11.8 Å². The van der Waals surface area contributed by atoms with Crippen molar-refractivity contribution in [2.75, 3.05) is 11.5 Å². The fourth-order valence-electron chi connectivity index (χ4n) is 7.30. The van der Waals surface area contributed by atoms with Crippen LogP contribution in [0.25, 0.3) is 0 Å². The number of nitrogens with zero attached hydrogens (tertiary/aromatic N) is 1. The molecule has 6 nitrogen and oxygen atoms in total. The number of carbonyl (C=O) groups excluding carboxylic acids is 2. The van der Waals surface area contributed by atoms with Gasteiger partial charge in [-0.3, -0.25) is 9.59 Å². The molecular formula is C27H38N2O4S. The number of ketones is 1. The Morgan fingerprint density at radius 1 is 1.35 bits per heavy atom. The van der Waals surface area contributed by atoms with Crippen LogP contribution < -0.4 is 5.73 Å². The summed E-state index contributed by atoms with van der Waals surface area (Å²) in [6.45, 7) is 12.5. The molecule has 0 aliphatic heterocycles. The van der Waals surface area contributed by atoms with Gasteiger partial charge in [0, 0.05) is 23.2 Å². The molecule has 0 saturated heterocycles. The lowest BCUT2D eigenvalue weighted by atomic mass is 9.44. The summed E-state index contributed by atoms with van der Waals surface area (Å²) in [5, 5.41) is 12.3. The van der Waals surface area contributed by atoms with Crippen LogP contribution in [-0.4, -0.2) is 39.8 Å². The van der Waals surface area contributed by atoms with Crippen molar-refractivity contribution in [2.45, 2.75) is 77.0 Å². The second-order valence-corrected chi connectivity index (χ2v) is 12.3. The molecule has 8 atom stereocenters. The average molecular weight is 487 g/mol. The van der Waals surface area contributed by atoms with E-state index in [0.717, 1.165) is 19.3 Å². The molecule has 1 aromatic rings. The van der Waals surface area contributed by atoms with E-state index >= 15 is 0 Å². The molecule has 0 unspecified atom stereocenters. The summed E-state index contributed by atoms with van der Waals surface area (Å²) in [6, 6.07) is 3.54. The summed E-state index contributed by atoms with van der Waals surface area (Å²) in [4.78, 5) is 30.8. The highest BCUT2D eigenvalue weighted by Crippen LogP contribution is 2.68. The molecule has 2 bridgehead atoms. The van der Waals surface area contributed by atoms with Gasteiger partial charge in [0.1, 0.15) is 11.9 Å². The number of anilines is 1. The number of nitrogen functional groups attached to an aromatic ring is 1. The Bertz CT molecular complexity index is 968. The van der Waals surface area contributed by atoms with Crippen molar-refractivity contribution in [1.29, 1.82) is 0 Å². The van der Waals surface area contributed by atoms with Gasteiger partial charge in [-0.1, -0.05) is 45.5 Å². The number of hydrogen-bond donors (Lipinski definition) is 2. The molecule has 0 amide bonds. The molecule has 4 rings (SSSR count). The molecule has 7 heteroatoms. The number of rotatable bonds is 5. The van der Waals surface area contributed by atoms with Crippen molar-refractivity contribution in [2.24, 2.45) is 34.0 Å². The zero-order valence-corrected chi connectivity index (χ0v) is 21.6. The molecule has 0 spiro atoms. The van der Waals surface area contributed by atoms with Crippen molar-refractivity contribution in [1.82, 2.24) is 4.98 Å². The van der Waals surface area contributed by atoms with Crippen LogP contribution in [0.1, 0.15) is 59.8 Å². The molecule has 186 valence electrons. The second-order valence-electron chi connectivity index (χ2n) is 11.3. The van der Waals surface area contributed by atoms with Crippen LogP contribution in [0.5, 0.6) is 0 Å². The summed E-state index contributed by atoms with van der Waals surface area (Å²) in [7, 11) is 0. The molecule has 3 N–H and O–H groups in total. The van der Waals surface area contributed by atoms with Gasteiger partial charge in [0.15, 0.2) is 0 Å². The number of aromatic nitrogens is 1. The predicted molar refractivity (Wildman–Crippen MR) is 134 cm³/mol. The number of aliphatic hydroxyl groups excluding tert-OH is 1. The molecule has 3 aliphatic carbocycles. The number of nitrogens with two attached hydrogens (primary N) is 1. The lowest BCUT2D eigenvalue weighted by Gasteiger charge is -2.61. The van der Waals surface area contributed by atoms with E-state index in [1.54, 1.807) is 18.3 Å². The number of aliphatic hydroxyl groups is 1. The third kappa shape index (κ3) is 3.89. The minimum Gasteiger partial charge on any atom is -0.461 e. The third-order valence-corrected chi connectivity index (χ3v) is 10.6. The van der Waals surface area contributed by atoms with E-state index in [1.165, 1.54) is 11.8 Å². The Balaban J connectivity index is 1.68. The van der Waals surface area contributed by atoms with Gasteiger partial charge in [-0.05, 0) is 55.1 Å². The van der Waals surface area contributed by atoms with Gasteiger partial charge in [0.2, 0.25) is 0 Å². The normalized spacial score (nSPS) is 41.8. The van der Waals surface area contributed by atoms with Crippen LogP contribution in [0.15, 0.2) is 36.0 Å². The maximum Gasteiger partial charge on any atom is 0.316 e. The molecule has 1 aromatic heterocycles. The van der Waals surface area contributed by atoms with Gasteiger partial charge in [0.25, 0.3) is 0 Å². The highest BCUT2D eigenvalue weighted by atomic mass is 32.2. The first-order valence-corrected chi connectivity index (χ1v) is 13.3. The van der Waals surface area contributed by atoms with Gasteiger partial charge in [0.05, 0.1) is 28.8 Å². The summed E-state index contributed by atoms with van der Waals surface area (Å²) in [5.41, 5.74) is 4.88. The van der Waals surface area contributed by atoms with E-state index in [1.807, 2.05) is 13.0 Å². The highest BCUT2D eigenvalue weighted by Gasteiger charge is 2.68. The summed E-state index contributed by atoms with van der Waals surface area (Å²) < 4.78 is 6.24.